The normalized spacial score (nSPS) is 17.8. The molecule has 1 aliphatic rings. The molecule has 1 saturated heterocycles. The third-order valence-corrected chi connectivity index (χ3v) is 5.03. The molecular weight excluding hydrogens is 280 g/mol. The molecule has 1 aromatic rings. The number of anilines is 1. The lowest BCUT2D eigenvalue weighted by Crippen LogP contribution is -2.40. The minimum Gasteiger partial charge on any atom is -0.506 e. The molecule has 0 bridgehead atoms. The van der Waals surface area contributed by atoms with Crippen LogP contribution in [-0.2, 0) is 14.8 Å². The van der Waals surface area contributed by atoms with Crippen LogP contribution in [0.1, 0.15) is 0 Å². The number of phenolic OH excluding ortho intramolecular Hbond substituents is 1. The van der Waals surface area contributed by atoms with Gasteiger partial charge in [0.15, 0.2) is 0 Å². The van der Waals surface area contributed by atoms with Gasteiger partial charge in [0.2, 0.25) is 10.0 Å². The van der Waals surface area contributed by atoms with Gasteiger partial charge in [-0.2, -0.15) is 4.31 Å². The number of sulfonamides is 1. The first kappa shape index (κ1) is 13.4. The summed E-state index contributed by atoms with van der Waals surface area (Å²) in [6, 6.07) is 2.30. The number of benzene rings is 1. The Bertz CT molecular complexity index is 555. The zero-order chi connectivity index (χ0) is 13.3. The molecule has 6 nitrogen and oxygen atoms in total. The highest BCUT2D eigenvalue weighted by Gasteiger charge is 2.29. The fourth-order valence-electron chi connectivity index (χ4n) is 1.68. The maximum atomic E-state index is 12.3. The summed E-state index contributed by atoms with van der Waals surface area (Å²) in [6.45, 7) is 1.23. The molecule has 3 N–H and O–H groups in total. The molecule has 1 aliphatic heterocycles. The van der Waals surface area contributed by atoms with Crippen molar-refractivity contribution in [1.29, 1.82) is 0 Å². The molecule has 18 heavy (non-hydrogen) atoms. The molecule has 0 radical (unpaired) electrons. The van der Waals surface area contributed by atoms with Crippen LogP contribution in [0.3, 0.4) is 0 Å². The Morgan fingerprint density at radius 3 is 2.56 bits per heavy atom. The summed E-state index contributed by atoms with van der Waals surface area (Å²) < 4.78 is 31.0. The van der Waals surface area contributed by atoms with E-state index >= 15 is 0 Å². The lowest BCUT2D eigenvalue weighted by atomic mass is 10.3. The topological polar surface area (TPSA) is 92.9 Å². The van der Waals surface area contributed by atoms with Crippen molar-refractivity contribution >= 4 is 27.3 Å². The van der Waals surface area contributed by atoms with Gasteiger partial charge in [0, 0.05) is 19.2 Å². The van der Waals surface area contributed by atoms with Crippen molar-refractivity contribution in [3.8, 4) is 5.75 Å². The van der Waals surface area contributed by atoms with Gasteiger partial charge in [0.1, 0.15) is 10.6 Å². The molecule has 0 spiro atoms. The first-order chi connectivity index (χ1) is 8.43. The van der Waals surface area contributed by atoms with E-state index in [0.717, 1.165) is 6.07 Å². The van der Waals surface area contributed by atoms with Gasteiger partial charge in [-0.15, -0.1) is 0 Å². The van der Waals surface area contributed by atoms with E-state index in [-0.39, 0.29) is 34.4 Å². The third-order valence-electron chi connectivity index (χ3n) is 2.67. The van der Waals surface area contributed by atoms with E-state index in [1.165, 1.54) is 10.4 Å². The van der Waals surface area contributed by atoms with Crippen molar-refractivity contribution in [2.24, 2.45) is 0 Å². The molecule has 0 aromatic heterocycles. The smallest absolute Gasteiger partial charge is 0.244 e. The summed E-state index contributed by atoms with van der Waals surface area (Å²) in [5.74, 6) is -0.300. The van der Waals surface area contributed by atoms with Gasteiger partial charge in [-0.3, -0.25) is 0 Å². The number of nitrogens with two attached hydrogens (primary N) is 1. The fourth-order valence-corrected chi connectivity index (χ4v) is 3.62. The zero-order valence-corrected chi connectivity index (χ0v) is 11.0. The maximum absolute atomic E-state index is 12.3. The minimum absolute atomic E-state index is 0.00297. The molecule has 0 atom stereocenters. The lowest BCUT2D eigenvalue weighted by Gasteiger charge is -2.26. The number of aromatic hydroxyl groups is 1. The Morgan fingerprint density at radius 2 is 1.94 bits per heavy atom. The molecule has 1 aromatic carbocycles. The average molecular weight is 293 g/mol. The van der Waals surface area contributed by atoms with Crippen molar-refractivity contribution in [1.82, 2.24) is 4.31 Å². The predicted octanol–water partition coefficient (Wildman–Crippen LogP) is 0.649. The molecule has 0 amide bonds. The van der Waals surface area contributed by atoms with Crippen molar-refractivity contribution in [3.05, 3.63) is 17.2 Å². The number of rotatable bonds is 2. The van der Waals surface area contributed by atoms with Gasteiger partial charge in [-0.1, -0.05) is 11.6 Å². The molecule has 0 aliphatic carbocycles. The van der Waals surface area contributed by atoms with E-state index in [9.17, 15) is 13.5 Å². The first-order valence-electron chi connectivity index (χ1n) is 5.29. The van der Waals surface area contributed by atoms with Gasteiger partial charge in [-0.25, -0.2) is 8.42 Å². The SMILES string of the molecule is Nc1cc(Cl)c(S(=O)(=O)N2CCOCC2)cc1O. The zero-order valence-electron chi connectivity index (χ0n) is 9.47. The van der Waals surface area contributed by atoms with Crippen molar-refractivity contribution in [2.45, 2.75) is 4.90 Å². The Labute approximate surface area is 110 Å². The molecular formula is C10H13ClN2O4S. The number of nitrogen functional groups attached to an aromatic ring is 1. The van der Waals surface area contributed by atoms with E-state index in [0.29, 0.717) is 13.2 Å². The number of hydrogen-bond donors (Lipinski definition) is 2. The molecule has 8 heteroatoms. The van der Waals surface area contributed by atoms with Gasteiger partial charge >= 0.3 is 0 Å². The molecule has 0 saturated carbocycles. The Hall–Kier alpha value is -1.02. The summed E-state index contributed by atoms with van der Waals surface area (Å²) >= 11 is 5.88. The number of halogens is 1. The Balaban J connectivity index is 2.43. The van der Waals surface area contributed by atoms with Gasteiger partial charge in [-0.05, 0) is 6.07 Å². The van der Waals surface area contributed by atoms with Gasteiger partial charge in [0.05, 0.1) is 23.9 Å². The highest BCUT2D eigenvalue weighted by Crippen LogP contribution is 2.32. The minimum atomic E-state index is -3.73. The van der Waals surface area contributed by atoms with Crippen LogP contribution in [0.2, 0.25) is 5.02 Å². The third kappa shape index (κ3) is 2.39. The number of morpholine rings is 1. The highest BCUT2D eigenvalue weighted by atomic mass is 35.5. The van der Waals surface area contributed by atoms with Crippen LogP contribution in [0.4, 0.5) is 5.69 Å². The maximum Gasteiger partial charge on any atom is 0.244 e. The molecule has 0 unspecified atom stereocenters. The van der Waals surface area contributed by atoms with Crippen LogP contribution >= 0.6 is 11.6 Å². The van der Waals surface area contributed by atoms with E-state index in [4.69, 9.17) is 22.1 Å². The number of hydrogen-bond acceptors (Lipinski definition) is 5. The van der Waals surface area contributed by atoms with Crippen LogP contribution in [0.25, 0.3) is 0 Å². The van der Waals surface area contributed by atoms with E-state index in [1.807, 2.05) is 0 Å². The molecule has 1 heterocycles. The second-order valence-corrected chi connectivity index (χ2v) is 6.17. The van der Waals surface area contributed by atoms with Crippen molar-refractivity contribution in [2.75, 3.05) is 32.0 Å². The van der Waals surface area contributed by atoms with Gasteiger partial charge < -0.3 is 15.6 Å². The summed E-state index contributed by atoms with van der Waals surface area (Å²) in [6.07, 6.45) is 0. The van der Waals surface area contributed by atoms with Crippen LogP contribution in [0.15, 0.2) is 17.0 Å². The van der Waals surface area contributed by atoms with Crippen LogP contribution in [0.5, 0.6) is 5.75 Å². The molecule has 2 rings (SSSR count). The van der Waals surface area contributed by atoms with Gasteiger partial charge in [0.25, 0.3) is 0 Å². The fraction of sp³-hybridized carbons (Fsp3) is 0.400. The predicted molar refractivity (Wildman–Crippen MR) is 67.1 cm³/mol. The Morgan fingerprint density at radius 1 is 1.33 bits per heavy atom. The van der Waals surface area contributed by atoms with Crippen LogP contribution in [0, 0.1) is 0 Å². The summed E-state index contributed by atoms with van der Waals surface area (Å²) in [5.41, 5.74) is 5.49. The summed E-state index contributed by atoms with van der Waals surface area (Å²) in [5, 5.41) is 9.49. The highest BCUT2D eigenvalue weighted by molar-refractivity contribution is 7.89. The monoisotopic (exact) mass is 292 g/mol. The second-order valence-electron chi connectivity index (χ2n) is 3.86. The van der Waals surface area contributed by atoms with E-state index in [2.05, 4.69) is 0 Å². The molecule has 100 valence electrons. The summed E-state index contributed by atoms with van der Waals surface area (Å²) in [7, 11) is -3.73. The molecule has 1 fully saturated rings. The Kier molecular flexibility index (Phi) is 3.67. The first-order valence-corrected chi connectivity index (χ1v) is 7.10. The summed E-state index contributed by atoms with van der Waals surface area (Å²) in [4.78, 5) is -0.141. The van der Waals surface area contributed by atoms with E-state index < -0.39 is 10.0 Å². The quantitative estimate of drug-likeness (QED) is 0.617. The average Bonchev–Trinajstić information content (AvgIpc) is 2.34. The standard InChI is InChI=1S/C10H13ClN2O4S/c11-7-5-8(12)9(14)6-10(7)18(15,16)13-1-3-17-4-2-13/h5-6,14H,1-4,12H2. The number of ether oxygens (including phenoxy) is 1. The van der Waals surface area contributed by atoms with Crippen molar-refractivity contribution < 1.29 is 18.3 Å². The number of phenols is 1. The largest absolute Gasteiger partial charge is 0.506 e. The van der Waals surface area contributed by atoms with Crippen LogP contribution < -0.4 is 5.73 Å². The lowest BCUT2D eigenvalue weighted by molar-refractivity contribution is 0.0730. The van der Waals surface area contributed by atoms with Crippen LogP contribution in [-0.4, -0.2) is 44.1 Å². The van der Waals surface area contributed by atoms with Crippen molar-refractivity contribution in [3.63, 3.8) is 0 Å². The number of nitrogens with zero attached hydrogens (tertiary/aromatic N) is 1. The second kappa shape index (κ2) is 4.93. The van der Waals surface area contributed by atoms with E-state index in [1.54, 1.807) is 0 Å².